The molecule has 0 aromatic heterocycles. The van der Waals surface area contributed by atoms with Crippen molar-refractivity contribution in [2.75, 3.05) is 20.8 Å². The van der Waals surface area contributed by atoms with Gasteiger partial charge < -0.3 is 20.5 Å². The van der Waals surface area contributed by atoms with E-state index in [9.17, 15) is 4.79 Å². The van der Waals surface area contributed by atoms with Crippen LogP contribution in [0.1, 0.15) is 45.2 Å². The molecule has 0 heterocycles. The predicted octanol–water partition coefficient (Wildman–Crippen LogP) is 2.65. The average Bonchev–Trinajstić information content (AvgIpc) is 2.56. The van der Waals surface area contributed by atoms with Crippen molar-refractivity contribution in [1.29, 1.82) is 0 Å². The van der Waals surface area contributed by atoms with Crippen molar-refractivity contribution in [2.24, 2.45) is 11.1 Å². The molecule has 0 spiro atoms. The number of amides is 1. The van der Waals surface area contributed by atoms with Crippen LogP contribution in [0.3, 0.4) is 0 Å². The van der Waals surface area contributed by atoms with E-state index in [1.54, 1.807) is 14.2 Å². The summed E-state index contributed by atoms with van der Waals surface area (Å²) < 4.78 is 10.5. The Morgan fingerprint density at radius 2 is 1.82 bits per heavy atom. The predicted molar refractivity (Wildman–Crippen MR) is 88.2 cm³/mol. The normalized spacial score (nSPS) is 12.6. The zero-order valence-electron chi connectivity index (χ0n) is 14.2. The lowest BCUT2D eigenvalue weighted by Crippen LogP contribution is -2.46. The van der Waals surface area contributed by atoms with E-state index in [0.717, 1.165) is 18.4 Å². The van der Waals surface area contributed by atoms with Crippen molar-refractivity contribution in [3.05, 3.63) is 23.8 Å². The van der Waals surface area contributed by atoms with Crippen molar-refractivity contribution < 1.29 is 14.3 Å². The van der Waals surface area contributed by atoms with E-state index in [-0.39, 0.29) is 11.9 Å². The third kappa shape index (κ3) is 3.71. The van der Waals surface area contributed by atoms with E-state index >= 15 is 0 Å². The van der Waals surface area contributed by atoms with Crippen LogP contribution in [0.5, 0.6) is 11.5 Å². The Morgan fingerprint density at radius 3 is 2.27 bits per heavy atom. The van der Waals surface area contributed by atoms with Gasteiger partial charge in [0.1, 0.15) is 0 Å². The summed E-state index contributed by atoms with van der Waals surface area (Å²) in [5.41, 5.74) is 6.30. The van der Waals surface area contributed by atoms with Crippen molar-refractivity contribution in [3.63, 3.8) is 0 Å². The van der Waals surface area contributed by atoms with Crippen LogP contribution in [0.15, 0.2) is 18.2 Å². The van der Waals surface area contributed by atoms with Crippen LogP contribution >= 0.6 is 0 Å². The second-order valence-electron chi connectivity index (χ2n) is 5.50. The molecule has 1 amide bonds. The fourth-order valence-corrected chi connectivity index (χ4v) is 2.51. The molecule has 0 saturated heterocycles. The number of hydrogen-bond donors (Lipinski definition) is 2. The number of nitrogens with two attached hydrogens (primary N) is 1. The van der Waals surface area contributed by atoms with Gasteiger partial charge in [0.15, 0.2) is 11.5 Å². The number of ether oxygens (including phenoxy) is 2. The number of benzene rings is 1. The number of methoxy groups -OCH3 is 2. The molecular weight excluding hydrogens is 280 g/mol. The molecule has 3 N–H and O–H groups in total. The summed E-state index contributed by atoms with van der Waals surface area (Å²) >= 11 is 0. The molecule has 0 aliphatic heterocycles. The Kier molecular flexibility index (Phi) is 6.68. The third-order valence-electron chi connectivity index (χ3n) is 4.48. The summed E-state index contributed by atoms with van der Waals surface area (Å²) in [6.07, 6.45) is 1.45. The minimum absolute atomic E-state index is 0.00212. The number of carbonyl (C=O) groups is 1. The molecule has 0 fully saturated rings. The number of hydrogen-bond acceptors (Lipinski definition) is 4. The summed E-state index contributed by atoms with van der Waals surface area (Å²) in [7, 11) is 3.19. The van der Waals surface area contributed by atoms with Gasteiger partial charge in [-0.25, -0.2) is 0 Å². The van der Waals surface area contributed by atoms with Gasteiger partial charge in [-0.3, -0.25) is 4.79 Å². The van der Waals surface area contributed by atoms with E-state index in [4.69, 9.17) is 15.2 Å². The monoisotopic (exact) mass is 308 g/mol. The molecule has 0 saturated carbocycles. The second kappa shape index (κ2) is 8.03. The molecule has 0 radical (unpaired) electrons. The summed E-state index contributed by atoms with van der Waals surface area (Å²) in [5, 5.41) is 3.06. The van der Waals surface area contributed by atoms with E-state index in [1.807, 2.05) is 39.0 Å². The van der Waals surface area contributed by atoms with E-state index in [2.05, 4.69) is 5.32 Å². The Hall–Kier alpha value is -1.75. The summed E-state index contributed by atoms with van der Waals surface area (Å²) in [5.74, 6) is 1.32. The van der Waals surface area contributed by atoms with Gasteiger partial charge in [0.25, 0.3) is 0 Å². The second-order valence-corrected chi connectivity index (χ2v) is 5.50. The Labute approximate surface area is 133 Å². The van der Waals surface area contributed by atoms with Crippen LogP contribution in [-0.4, -0.2) is 26.7 Å². The van der Waals surface area contributed by atoms with Crippen molar-refractivity contribution in [2.45, 2.75) is 39.7 Å². The highest BCUT2D eigenvalue weighted by atomic mass is 16.5. The first-order valence-corrected chi connectivity index (χ1v) is 7.70. The Bertz CT molecular complexity index is 490. The van der Waals surface area contributed by atoms with Gasteiger partial charge in [-0.1, -0.05) is 19.9 Å². The molecule has 22 heavy (non-hydrogen) atoms. The molecule has 1 unspecified atom stereocenters. The zero-order valence-corrected chi connectivity index (χ0v) is 14.2. The van der Waals surface area contributed by atoms with Gasteiger partial charge in [0, 0.05) is 6.54 Å². The summed E-state index contributed by atoms with van der Waals surface area (Å²) in [6, 6.07) is 5.52. The number of carbonyl (C=O) groups excluding carboxylic acids is 1. The summed E-state index contributed by atoms with van der Waals surface area (Å²) in [4.78, 5) is 12.6. The van der Waals surface area contributed by atoms with Crippen LogP contribution < -0.4 is 20.5 Å². The topological polar surface area (TPSA) is 73.6 Å². The van der Waals surface area contributed by atoms with Crippen LogP contribution in [0.4, 0.5) is 0 Å². The molecule has 1 aromatic carbocycles. The van der Waals surface area contributed by atoms with Gasteiger partial charge in [0.05, 0.1) is 25.7 Å². The molecular formula is C17H28N2O3. The fraction of sp³-hybridized carbons (Fsp3) is 0.588. The van der Waals surface area contributed by atoms with Crippen LogP contribution in [0.25, 0.3) is 0 Å². The van der Waals surface area contributed by atoms with Crippen molar-refractivity contribution in [1.82, 2.24) is 5.32 Å². The lowest BCUT2D eigenvalue weighted by Gasteiger charge is -2.30. The molecule has 5 nitrogen and oxygen atoms in total. The van der Waals surface area contributed by atoms with Gasteiger partial charge in [-0.15, -0.1) is 0 Å². The number of rotatable bonds is 8. The maximum atomic E-state index is 12.6. The largest absolute Gasteiger partial charge is 0.493 e. The van der Waals surface area contributed by atoms with E-state index < -0.39 is 5.41 Å². The van der Waals surface area contributed by atoms with E-state index in [1.165, 1.54) is 0 Å². The Balaban J connectivity index is 2.93. The lowest BCUT2D eigenvalue weighted by atomic mass is 9.81. The summed E-state index contributed by atoms with van der Waals surface area (Å²) in [6.45, 7) is 6.30. The lowest BCUT2D eigenvalue weighted by molar-refractivity contribution is -0.131. The van der Waals surface area contributed by atoms with Gasteiger partial charge in [0.2, 0.25) is 5.91 Å². The SMILES string of the molecule is CCC(CC)(CN)C(=O)NC(C)c1ccc(OC)c(OC)c1. The molecule has 124 valence electrons. The van der Waals surface area contributed by atoms with Gasteiger partial charge in [-0.05, 0) is 37.5 Å². The maximum absolute atomic E-state index is 12.6. The van der Waals surface area contributed by atoms with Gasteiger partial charge >= 0.3 is 0 Å². The molecule has 1 atom stereocenters. The smallest absolute Gasteiger partial charge is 0.227 e. The molecule has 1 aromatic rings. The fourth-order valence-electron chi connectivity index (χ4n) is 2.51. The first-order valence-electron chi connectivity index (χ1n) is 7.70. The molecule has 0 aliphatic rings. The highest BCUT2D eigenvalue weighted by Gasteiger charge is 2.34. The van der Waals surface area contributed by atoms with E-state index in [0.29, 0.717) is 18.0 Å². The minimum atomic E-state index is -0.495. The van der Waals surface area contributed by atoms with Gasteiger partial charge in [-0.2, -0.15) is 0 Å². The maximum Gasteiger partial charge on any atom is 0.227 e. The highest BCUT2D eigenvalue weighted by molar-refractivity contribution is 5.83. The first-order chi connectivity index (χ1) is 10.5. The molecule has 5 heteroatoms. The molecule has 0 aliphatic carbocycles. The van der Waals surface area contributed by atoms with Crippen molar-refractivity contribution in [3.8, 4) is 11.5 Å². The third-order valence-corrected chi connectivity index (χ3v) is 4.48. The standard InChI is InChI=1S/C17H28N2O3/c1-6-17(7-2,11-18)16(20)19-12(3)13-8-9-14(21-4)15(10-13)22-5/h8-10,12H,6-7,11,18H2,1-5H3,(H,19,20). The minimum Gasteiger partial charge on any atom is -0.493 e. The number of nitrogens with one attached hydrogen (secondary N) is 1. The zero-order chi connectivity index (χ0) is 16.8. The van der Waals surface area contributed by atoms with Crippen LogP contribution in [0.2, 0.25) is 0 Å². The first kappa shape index (κ1) is 18.3. The quantitative estimate of drug-likeness (QED) is 0.774. The molecule has 1 rings (SSSR count). The van der Waals surface area contributed by atoms with Crippen LogP contribution in [0, 0.1) is 5.41 Å². The molecule has 0 bridgehead atoms. The average molecular weight is 308 g/mol. The highest BCUT2D eigenvalue weighted by Crippen LogP contribution is 2.31. The van der Waals surface area contributed by atoms with Crippen molar-refractivity contribution >= 4 is 5.91 Å². The Morgan fingerprint density at radius 1 is 1.23 bits per heavy atom. The van der Waals surface area contributed by atoms with Crippen LogP contribution in [-0.2, 0) is 4.79 Å².